The van der Waals surface area contributed by atoms with Crippen LogP contribution in [0.3, 0.4) is 0 Å². The van der Waals surface area contributed by atoms with Crippen molar-refractivity contribution in [1.29, 1.82) is 0 Å². The third-order valence-corrected chi connectivity index (χ3v) is 3.29. The molecule has 1 aliphatic heterocycles. The van der Waals surface area contributed by atoms with Crippen molar-refractivity contribution in [1.82, 2.24) is 25.2 Å². The summed E-state index contributed by atoms with van der Waals surface area (Å²) >= 11 is 0. The van der Waals surface area contributed by atoms with Gasteiger partial charge in [-0.1, -0.05) is 19.1 Å². The fourth-order valence-electron chi connectivity index (χ4n) is 2.27. The Balaban J connectivity index is 1.68. The van der Waals surface area contributed by atoms with Crippen LogP contribution in [0.4, 0.5) is 0 Å². The predicted molar refractivity (Wildman–Crippen MR) is 72.2 cm³/mol. The molecule has 0 aliphatic carbocycles. The van der Waals surface area contributed by atoms with Crippen molar-refractivity contribution in [2.75, 3.05) is 26.2 Å². The van der Waals surface area contributed by atoms with E-state index in [9.17, 15) is 0 Å². The van der Waals surface area contributed by atoms with Crippen molar-refractivity contribution in [3.05, 3.63) is 11.9 Å². The van der Waals surface area contributed by atoms with Gasteiger partial charge in [0, 0.05) is 19.3 Å². The van der Waals surface area contributed by atoms with Gasteiger partial charge in [0.2, 0.25) is 0 Å². The molecule has 1 aromatic heterocycles. The Morgan fingerprint density at radius 3 is 2.78 bits per heavy atom. The van der Waals surface area contributed by atoms with E-state index in [0.717, 1.165) is 31.9 Å². The van der Waals surface area contributed by atoms with Gasteiger partial charge in [0.25, 0.3) is 0 Å². The van der Waals surface area contributed by atoms with E-state index in [4.69, 9.17) is 0 Å². The molecular formula is C13H25N5. The van der Waals surface area contributed by atoms with Crippen LogP contribution in [0.5, 0.6) is 0 Å². The van der Waals surface area contributed by atoms with E-state index in [-0.39, 0.29) is 0 Å². The van der Waals surface area contributed by atoms with Crippen molar-refractivity contribution < 1.29 is 0 Å². The van der Waals surface area contributed by atoms with Gasteiger partial charge in [-0.25, -0.2) is 0 Å². The van der Waals surface area contributed by atoms with E-state index < -0.39 is 0 Å². The van der Waals surface area contributed by atoms with Crippen LogP contribution < -0.4 is 5.32 Å². The highest BCUT2D eigenvalue weighted by Crippen LogP contribution is 2.06. The number of likely N-dealkylation sites (tertiary alicyclic amines) is 1. The van der Waals surface area contributed by atoms with E-state index in [0.29, 0.717) is 5.92 Å². The first-order valence-electron chi connectivity index (χ1n) is 7.06. The molecule has 0 unspecified atom stereocenters. The maximum absolute atomic E-state index is 4.19. The molecule has 0 atom stereocenters. The molecule has 5 heteroatoms. The minimum Gasteiger partial charge on any atom is -0.311 e. The van der Waals surface area contributed by atoms with Crippen LogP contribution in [0.25, 0.3) is 0 Å². The van der Waals surface area contributed by atoms with Crippen LogP contribution in [0.1, 0.15) is 32.4 Å². The maximum Gasteiger partial charge on any atom is 0.0964 e. The number of nitrogens with zero attached hydrogens (tertiary/aromatic N) is 4. The lowest BCUT2D eigenvalue weighted by atomic mass is 10.2. The Hall–Kier alpha value is -0.940. The number of hydrogen-bond donors (Lipinski definition) is 1. The van der Waals surface area contributed by atoms with E-state index in [2.05, 4.69) is 40.6 Å². The van der Waals surface area contributed by atoms with Crippen LogP contribution in [0, 0.1) is 5.92 Å². The standard InChI is InChI=1S/C13H25N5/c1-12(2)9-14-10-13-11-18(16-15-13)8-7-17-5-3-4-6-17/h11-12,14H,3-10H2,1-2H3. The molecule has 1 aromatic rings. The van der Waals surface area contributed by atoms with Gasteiger partial charge in [0.05, 0.1) is 12.2 Å². The summed E-state index contributed by atoms with van der Waals surface area (Å²) in [5, 5.41) is 11.8. The summed E-state index contributed by atoms with van der Waals surface area (Å²) in [5.74, 6) is 0.676. The minimum absolute atomic E-state index is 0.676. The first-order chi connectivity index (χ1) is 8.74. The topological polar surface area (TPSA) is 46.0 Å². The fraction of sp³-hybridized carbons (Fsp3) is 0.846. The molecule has 1 N–H and O–H groups in total. The molecule has 0 radical (unpaired) electrons. The molecule has 0 bridgehead atoms. The van der Waals surface area contributed by atoms with Crippen molar-refractivity contribution in [3.8, 4) is 0 Å². The van der Waals surface area contributed by atoms with Crippen LogP contribution in [0.15, 0.2) is 6.20 Å². The van der Waals surface area contributed by atoms with Crippen molar-refractivity contribution >= 4 is 0 Å². The number of nitrogens with one attached hydrogen (secondary N) is 1. The van der Waals surface area contributed by atoms with Crippen molar-refractivity contribution in [2.45, 2.75) is 39.8 Å². The second-order valence-corrected chi connectivity index (χ2v) is 5.55. The molecule has 2 rings (SSSR count). The Labute approximate surface area is 110 Å². The molecule has 102 valence electrons. The summed E-state index contributed by atoms with van der Waals surface area (Å²) in [6.07, 6.45) is 4.76. The zero-order chi connectivity index (χ0) is 12.8. The first-order valence-corrected chi connectivity index (χ1v) is 7.06. The van der Waals surface area contributed by atoms with Gasteiger partial charge in [-0.05, 0) is 38.4 Å². The number of aromatic nitrogens is 3. The molecule has 1 aliphatic rings. The van der Waals surface area contributed by atoms with Crippen molar-refractivity contribution in [3.63, 3.8) is 0 Å². The maximum atomic E-state index is 4.19. The lowest BCUT2D eigenvalue weighted by molar-refractivity contribution is 0.314. The molecule has 0 amide bonds. The SMILES string of the molecule is CC(C)CNCc1cn(CCN2CCCC2)nn1. The van der Waals surface area contributed by atoms with Crippen LogP contribution in [-0.2, 0) is 13.1 Å². The van der Waals surface area contributed by atoms with E-state index in [1.807, 2.05) is 4.68 Å². The van der Waals surface area contributed by atoms with Gasteiger partial charge < -0.3 is 10.2 Å². The fourth-order valence-corrected chi connectivity index (χ4v) is 2.27. The third-order valence-electron chi connectivity index (χ3n) is 3.29. The van der Waals surface area contributed by atoms with Gasteiger partial charge in [0.15, 0.2) is 0 Å². The normalized spacial score (nSPS) is 16.8. The molecule has 18 heavy (non-hydrogen) atoms. The highest BCUT2D eigenvalue weighted by molar-refractivity contribution is 4.91. The molecule has 1 saturated heterocycles. The van der Waals surface area contributed by atoms with Crippen molar-refractivity contribution in [2.24, 2.45) is 5.92 Å². The molecule has 0 aromatic carbocycles. The monoisotopic (exact) mass is 251 g/mol. The molecular weight excluding hydrogens is 226 g/mol. The molecule has 0 spiro atoms. The molecule has 0 saturated carbocycles. The van der Waals surface area contributed by atoms with Crippen LogP contribution >= 0.6 is 0 Å². The zero-order valence-corrected chi connectivity index (χ0v) is 11.6. The van der Waals surface area contributed by atoms with Gasteiger partial charge in [-0.2, -0.15) is 0 Å². The highest BCUT2D eigenvalue weighted by atomic mass is 15.4. The predicted octanol–water partition coefficient (Wildman–Crippen LogP) is 1.12. The van der Waals surface area contributed by atoms with Crippen LogP contribution in [-0.4, -0.2) is 46.1 Å². The first kappa shape index (κ1) is 13.5. The van der Waals surface area contributed by atoms with Gasteiger partial charge >= 0.3 is 0 Å². The summed E-state index contributed by atoms with van der Waals surface area (Å²) in [5.41, 5.74) is 1.04. The quantitative estimate of drug-likeness (QED) is 0.789. The summed E-state index contributed by atoms with van der Waals surface area (Å²) < 4.78 is 1.96. The summed E-state index contributed by atoms with van der Waals surface area (Å²) in [7, 11) is 0. The molecule has 5 nitrogen and oxygen atoms in total. The lowest BCUT2D eigenvalue weighted by Crippen LogP contribution is -2.24. The van der Waals surface area contributed by atoms with Gasteiger partial charge in [-0.3, -0.25) is 4.68 Å². The van der Waals surface area contributed by atoms with E-state index in [1.54, 1.807) is 0 Å². The molecule has 1 fully saturated rings. The Bertz CT molecular complexity index is 341. The average Bonchev–Trinajstić information content (AvgIpc) is 2.96. The Morgan fingerprint density at radius 2 is 2.06 bits per heavy atom. The highest BCUT2D eigenvalue weighted by Gasteiger charge is 2.11. The Morgan fingerprint density at radius 1 is 1.28 bits per heavy atom. The smallest absolute Gasteiger partial charge is 0.0964 e. The van der Waals surface area contributed by atoms with Gasteiger partial charge in [0.1, 0.15) is 0 Å². The second-order valence-electron chi connectivity index (χ2n) is 5.55. The summed E-state index contributed by atoms with van der Waals surface area (Å²) in [4.78, 5) is 2.50. The minimum atomic E-state index is 0.676. The molecule has 2 heterocycles. The summed E-state index contributed by atoms with van der Waals surface area (Å²) in [6, 6.07) is 0. The number of rotatable bonds is 7. The van der Waals surface area contributed by atoms with E-state index in [1.165, 1.54) is 25.9 Å². The van der Waals surface area contributed by atoms with Crippen LogP contribution in [0.2, 0.25) is 0 Å². The number of hydrogen-bond acceptors (Lipinski definition) is 4. The average molecular weight is 251 g/mol. The zero-order valence-electron chi connectivity index (χ0n) is 11.6. The largest absolute Gasteiger partial charge is 0.311 e. The Kier molecular flexibility index (Phi) is 5.13. The van der Waals surface area contributed by atoms with Gasteiger partial charge in [-0.15, -0.1) is 5.10 Å². The lowest BCUT2D eigenvalue weighted by Gasteiger charge is -2.13. The summed E-state index contributed by atoms with van der Waals surface area (Å²) in [6.45, 7) is 10.8. The van der Waals surface area contributed by atoms with E-state index >= 15 is 0 Å². The third kappa shape index (κ3) is 4.38. The second kappa shape index (κ2) is 6.85.